The molecule has 19 heavy (non-hydrogen) atoms. The normalized spacial score (nSPS) is 9.95. The second kappa shape index (κ2) is 5.36. The fraction of sp³-hybridized carbons (Fsp3) is 0.214. The summed E-state index contributed by atoms with van der Waals surface area (Å²) >= 11 is 0. The van der Waals surface area contributed by atoms with Crippen molar-refractivity contribution in [1.29, 1.82) is 5.26 Å². The van der Waals surface area contributed by atoms with Crippen LogP contribution in [0.1, 0.15) is 11.1 Å². The summed E-state index contributed by atoms with van der Waals surface area (Å²) in [5, 5.41) is 9.81. The van der Waals surface area contributed by atoms with E-state index in [2.05, 4.69) is 9.72 Å². The van der Waals surface area contributed by atoms with Gasteiger partial charge in [0.15, 0.2) is 0 Å². The number of aromatic nitrogens is 1. The minimum Gasteiger partial charge on any atom is -0.480 e. The minimum atomic E-state index is -0.304. The van der Waals surface area contributed by atoms with E-state index in [1.165, 1.54) is 14.2 Å². The summed E-state index contributed by atoms with van der Waals surface area (Å²) in [5.41, 5.74) is 1.89. The average Bonchev–Trinajstić information content (AvgIpc) is 2.45. The Kier molecular flexibility index (Phi) is 3.62. The Hall–Kier alpha value is -2.61. The zero-order valence-corrected chi connectivity index (χ0v) is 10.6. The molecule has 2 rings (SSSR count). The SMILES string of the molecule is COC(=O)Cc1ccc2nc(OC)c(C#N)cc2c1. The Balaban J connectivity index is 2.48. The molecule has 1 aromatic carbocycles. The Bertz CT molecular complexity index is 674. The van der Waals surface area contributed by atoms with Gasteiger partial charge < -0.3 is 9.47 Å². The van der Waals surface area contributed by atoms with Crippen LogP contribution >= 0.6 is 0 Å². The maximum atomic E-state index is 11.2. The van der Waals surface area contributed by atoms with E-state index in [9.17, 15) is 4.79 Å². The van der Waals surface area contributed by atoms with Crippen LogP contribution in [0.15, 0.2) is 24.3 Å². The number of carbonyl (C=O) groups is 1. The van der Waals surface area contributed by atoms with Gasteiger partial charge in [-0.1, -0.05) is 6.07 Å². The van der Waals surface area contributed by atoms with Crippen molar-refractivity contribution < 1.29 is 14.3 Å². The molecule has 0 aliphatic carbocycles. The van der Waals surface area contributed by atoms with Crippen LogP contribution in [0.25, 0.3) is 10.9 Å². The summed E-state index contributed by atoms with van der Waals surface area (Å²) < 4.78 is 9.67. The summed E-state index contributed by atoms with van der Waals surface area (Å²) in [5.74, 6) is -0.00274. The summed E-state index contributed by atoms with van der Waals surface area (Å²) in [6.45, 7) is 0. The molecule has 0 amide bonds. The maximum Gasteiger partial charge on any atom is 0.309 e. The van der Waals surface area contributed by atoms with Gasteiger partial charge in [-0.2, -0.15) is 5.26 Å². The number of esters is 1. The minimum absolute atomic E-state index is 0.195. The van der Waals surface area contributed by atoms with Crippen LogP contribution < -0.4 is 4.74 Å². The van der Waals surface area contributed by atoms with Gasteiger partial charge >= 0.3 is 5.97 Å². The number of methoxy groups -OCH3 is 2. The Labute approximate surface area is 110 Å². The molecule has 0 fully saturated rings. The first-order valence-corrected chi connectivity index (χ1v) is 5.62. The third-order valence-corrected chi connectivity index (χ3v) is 2.73. The molecule has 2 aromatic rings. The van der Waals surface area contributed by atoms with Gasteiger partial charge in [-0.15, -0.1) is 0 Å². The van der Waals surface area contributed by atoms with E-state index in [1.54, 1.807) is 18.2 Å². The fourth-order valence-electron chi connectivity index (χ4n) is 1.79. The number of ether oxygens (including phenoxy) is 2. The molecule has 96 valence electrons. The lowest BCUT2D eigenvalue weighted by molar-refractivity contribution is -0.139. The molecule has 0 aliphatic heterocycles. The number of hydrogen-bond donors (Lipinski definition) is 0. The first kappa shape index (κ1) is 12.8. The van der Waals surface area contributed by atoms with Gasteiger partial charge in [0, 0.05) is 5.39 Å². The topological polar surface area (TPSA) is 72.2 Å². The molecule has 0 N–H and O–H groups in total. The summed E-state index contributed by atoms with van der Waals surface area (Å²) in [4.78, 5) is 15.5. The predicted octanol–water partition coefficient (Wildman–Crippen LogP) is 1.83. The van der Waals surface area contributed by atoms with Crippen molar-refractivity contribution >= 4 is 16.9 Å². The third kappa shape index (κ3) is 2.63. The Morgan fingerprint density at radius 2 is 2.16 bits per heavy atom. The summed E-state index contributed by atoms with van der Waals surface area (Å²) in [6.07, 6.45) is 0.195. The van der Waals surface area contributed by atoms with Crippen LogP contribution in [-0.4, -0.2) is 25.2 Å². The van der Waals surface area contributed by atoms with Gasteiger partial charge in [-0.3, -0.25) is 4.79 Å². The Morgan fingerprint density at radius 3 is 2.79 bits per heavy atom. The molecular formula is C14H12N2O3. The van der Waals surface area contributed by atoms with Crippen molar-refractivity contribution in [2.24, 2.45) is 0 Å². The van der Waals surface area contributed by atoms with E-state index in [4.69, 9.17) is 10.00 Å². The average molecular weight is 256 g/mol. The van der Waals surface area contributed by atoms with Gasteiger partial charge in [0.1, 0.15) is 11.6 Å². The van der Waals surface area contributed by atoms with Crippen LogP contribution in [-0.2, 0) is 16.0 Å². The predicted molar refractivity (Wildman–Crippen MR) is 68.7 cm³/mol. The van der Waals surface area contributed by atoms with E-state index < -0.39 is 0 Å². The molecule has 0 radical (unpaired) electrons. The third-order valence-electron chi connectivity index (χ3n) is 2.73. The first-order valence-electron chi connectivity index (χ1n) is 5.62. The van der Waals surface area contributed by atoms with Crippen LogP contribution in [0.3, 0.4) is 0 Å². The molecule has 0 atom stereocenters. The lowest BCUT2D eigenvalue weighted by Crippen LogP contribution is -2.04. The van der Waals surface area contributed by atoms with Crippen molar-refractivity contribution in [2.45, 2.75) is 6.42 Å². The Morgan fingerprint density at radius 1 is 1.37 bits per heavy atom. The number of carbonyl (C=O) groups excluding carboxylic acids is 1. The number of fused-ring (bicyclic) bond motifs is 1. The number of nitriles is 1. The molecule has 0 saturated carbocycles. The van der Waals surface area contributed by atoms with Crippen molar-refractivity contribution in [1.82, 2.24) is 4.98 Å². The zero-order chi connectivity index (χ0) is 13.8. The largest absolute Gasteiger partial charge is 0.480 e. The fourth-order valence-corrected chi connectivity index (χ4v) is 1.79. The number of nitrogens with zero attached hydrogens (tertiary/aromatic N) is 2. The highest BCUT2D eigenvalue weighted by molar-refractivity contribution is 5.83. The standard InChI is InChI=1S/C14H12N2O3/c1-18-13(17)6-9-3-4-12-10(5-9)7-11(8-15)14(16-12)19-2/h3-5,7H,6H2,1-2H3. The van der Waals surface area contributed by atoms with E-state index in [0.29, 0.717) is 17.0 Å². The molecule has 0 aliphatic rings. The quantitative estimate of drug-likeness (QED) is 0.783. The highest BCUT2D eigenvalue weighted by Crippen LogP contribution is 2.22. The molecule has 1 heterocycles. The zero-order valence-electron chi connectivity index (χ0n) is 10.6. The van der Waals surface area contributed by atoms with Crippen LogP contribution in [0.5, 0.6) is 5.88 Å². The van der Waals surface area contributed by atoms with Gasteiger partial charge in [-0.05, 0) is 23.8 Å². The second-order valence-corrected chi connectivity index (χ2v) is 3.94. The number of hydrogen-bond acceptors (Lipinski definition) is 5. The monoisotopic (exact) mass is 256 g/mol. The van der Waals surface area contributed by atoms with E-state index in [0.717, 1.165) is 10.9 Å². The molecule has 1 aromatic heterocycles. The van der Waals surface area contributed by atoms with Gasteiger partial charge in [-0.25, -0.2) is 4.98 Å². The molecule has 5 heteroatoms. The van der Waals surface area contributed by atoms with Crippen molar-refractivity contribution in [3.05, 3.63) is 35.4 Å². The second-order valence-electron chi connectivity index (χ2n) is 3.94. The van der Waals surface area contributed by atoms with E-state index >= 15 is 0 Å². The molecule has 0 spiro atoms. The number of rotatable bonds is 3. The van der Waals surface area contributed by atoms with Crippen LogP contribution in [0.4, 0.5) is 0 Å². The summed E-state index contributed by atoms with van der Waals surface area (Å²) in [6, 6.07) is 9.14. The van der Waals surface area contributed by atoms with Crippen LogP contribution in [0.2, 0.25) is 0 Å². The van der Waals surface area contributed by atoms with Gasteiger partial charge in [0.05, 0.1) is 26.2 Å². The lowest BCUT2D eigenvalue weighted by Gasteiger charge is -2.06. The van der Waals surface area contributed by atoms with Crippen molar-refractivity contribution in [2.75, 3.05) is 14.2 Å². The number of pyridine rings is 1. The smallest absolute Gasteiger partial charge is 0.309 e. The first-order chi connectivity index (χ1) is 9.17. The molecule has 0 bridgehead atoms. The maximum absolute atomic E-state index is 11.2. The molecule has 5 nitrogen and oxygen atoms in total. The molecular weight excluding hydrogens is 244 g/mol. The highest BCUT2D eigenvalue weighted by atomic mass is 16.5. The van der Waals surface area contributed by atoms with Crippen molar-refractivity contribution in [3.8, 4) is 11.9 Å². The summed E-state index contributed by atoms with van der Waals surface area (Å²) in [7, 11) is 2.82. The van der Waals surface area contributed by atoms with Crippen LogP contribution in [0, 0.1) is 11.3 Å². The van der Waals surface area contributed by atoms with Crippen molar-refractivity contribution in [3.63, 3.8) is 0 Å². The molecule has 0 unspecified atom stereocenters. The molecule has 0 saturated heterocycles. The van der Waals surface area contributed by atoms with E-state index in [1.807, 2.05) is 12.1 Å². The van der Waals surface area contributed by atoms with Gasteiger partial charge in [0.25, 0.3) is 0 Å². The van der Waals surface area contributed by atoms with Gasteiger partial charge in [0.2, 0.25) is 5.88 Å². The highest BCUT2D eigenvalue weighted by Gasteiger charge is 2.09. The number of benzene rings is 1. The lowest BCUT2D eigenvalue weighted by atomic mass is 10.1. The van der Waals surface area contributed by atoms with E-state index in [-0.39, 0.29) is 12.4 Å².